The molecule has 0 saturated carbocycles. The van der Waals surface area contributed by atoms with E-state index in [4.69, 9.17) is 21.4 Å². The predicted molar refractivity (Wildman–Crippen MR) is 103 cm³/mol. The lowest BCUT2D eigenvalue weighted by molar-refractivity contribution is -0.138. The first-order valence-electron chi connectivity index (χ1n) is 8.96. The van der Waals surface area contributed by atoms with Crippen LogP contribution in [0.1, 0.15) is 35.6 Å². The number of likely N-dealkylation sites (N-methyl/N-ethyl adjacent to an activating group) is 1. The van der Waals surface area contributed by atoms with Crippen LogP contribution in [-0.2, 0) is 16.1 Å². The van der Waals surface area contributed by atoms with E-state index < -0.39 is 5.97 Å². The first-order chi connectivity index (χ1) is 12.8. The van der Waals surface area contributed by atoms with E-state index in [2.05, 4.69) is 6.07 Å². The molecule has 0 saturated heterocycles. The zero-order valence-electron chi connectivity index (χ0n) is 15.5. The highest BCUT2D eigenvalue weighted by molar-refractivity contribution is 6.31. The highest BCUT2D eigenvalue weighted by Crippen LogP contribution is 2.40. The van der Waals surface area contributed by atoms with E-state index in [1.54, 1.807) is 24.9 Å². The Hall–Kier alpha value is -1.95. The lowest BCUT2D eigenvalue weighted by Crippen LogP contribution is -2.26. The molecule has 0 bridgehead atoms. The number of benzene rings is 2. The molecule has 1 atom stereocenters. The average molecular weight is 392 g/mol. The summed E-state index contributed by atoms with van der Waals surface area (Å²) >= 11 is 6.48. The Labute approximate surface area is 163 Å². The van der Waals surface area contributed by atoms with Crippen molar-refractivity contribution in [3.8, 4) is 11.1 Å². The molecule has 6 heteroatoms. The van der Waals surface area contributed by atoms with Gasteiger partial charge in [-0.25, -0.2) is 4.39 Å². The van der Waals surface area contributed by atoms with Crippen molar-refractivity contribution in [2.45, 2.75) is 32.5 Å². The number of hydrogen-bond donors (Lipinski definition) is 1. The van der Waals surface area contributed by atoms with E-state index in [0.717, 1.165) is 35.1 Å². The minimum atomic E-state index is -0.828. The van der Waals surface area contributed by atoms with Gasteiger partial charge in [-0.2, -0.15) is 0 Å². The Kier molecular flexibility index (Phi) is 6.15. The maximum atomic E-state index is 13.6. The van der Waals surface area contributed by atoms with E-state index in [-0.39, 0.29) is 18.5 Å². The van der Waals surface area contributed by atoms with E-state index in [1.807, 2.05) is 12.1 Å². The Balaban J connectivity index is 1.75. The number of nitrogens with zero attached hydrogens (tertiary/aromatic N) is 1. The number of aryl methyl sites for hydroxylation is 1. The second-order valence-electron chi connectivity index (χ2n) is 7.06. The summed E-state index contributed by atoms with van der Waals surface area (Å²) in [7, 11) is 1.80. The van der Waals surface area contributed by atoms with E-state index in [1.165, 1.54) is 6.07 Å². The molecule has 2 aromatic rings. The van der Waals surface area contributed by atoms with Crippen LogP contribution in [-0.4, -0.2) is 36.1 Å². The number of carboxylic acid groups (broad SMARTS) is 1. The van der Waals surface area contributed by atoms with Gasteiger partial charge in [0.25, 0.3) is 0 Å². The van der Waals surface area contributed by atoms with Gasteiger partial charge in [0.15, 0.2) is 0 Å². The van der Waals surface area contributed by atoms with Crippen LogP contribution in [0.15, 0.2) is 30.3 Å². The second kappa shape index (κ2) is 8.38. The van der Waals surface area contributed by atoms with Crippen LogP contribution >= 0.6 is 11.6 Å². The Morgan fingerprint density at radius 3 is 2.81 bits per heavy atom. The van der Waals surface area contributed by atoms with Crippen LogP contribution in [0.3, 0.4) is 0 Å². The third kappa shape index (κ3) is 4.67. The molecule has 1 unspecified atom stereocenters. The normalized spacial score (nSPS) is 16.0. The molecule has 0 spiro atoms. The molecule has 2 aromatic carbocycles. The van der Waals surface area contributed by atoms with E-state index >= 15 is 0 Å². The maximum Gasteiger partial charge on any atom is 0.317 e. The number of fused-ring (bicyclic) bond motifs is 1. The molecule has 3 rings (SSSR count). The molecular weight excluding hydrogens is 369 g/mol. The summed E-state index contributed by atoms with van der Waals surface area (Å²) in [6, 6.07) is 9.02. The van der Waals surface area contributed by atoms with Gasteiger partial charge in [0.1, 0.15) is 5.82 Å². The molecule has 4 nitrogen and oxygen atoms in total. The number of halogens is 2. The fraction of sp³-hybridized carbons (Fsp3) is 0.381. The van der Waals surface area contributed by atoms with Crippen molar-refractivity contribution >= 4 is 17.6 Å². The molecule has 0 amide bonds. The van der Waals surface area contributed by atoms with Crippen molar-refractivity contribution in [1.82, 2.24) is 4.90 Å². The van der Waals surface area contributed by atoms with E-state index in [9.17, 15) is 9.18 Å². The minimum absolute atomic E-state index is 0.0298. The van der Waals surface area contributed by atoms with Crippen LogP contribution in [0.2, 0.25) is 5.02 Å². The fourth-order valence-corrected chi connectivity index (χ4v) is 3.74. The van der Waals surface area contributed by atoms with Crippen LogP contribution < -0.4 is 0 Å². The molecule has 1 aliphatic rings. The van der Waals surface area contributed by atoms with Crippen LogP contribution in [0, 0.1) is 12.7 Å². The molecule has 0 fully saturated rings. The summed E-state index contributed by atoms with van der Waals surface area (Å²) in [5.74, 6) is -1.05. The Morgan fingerprint density at radius 1 is 1.33 bits per heavy atom. The molecule has 1 aliphatic heterocycles. The monoisotopic (exact) mass is 391 g/mol. The van der Waals surface area contributed by atoms with Gasteiger partial charge in [0.2, 0.25) is 0 Å². The van der Waals surface area contributed by atoms with E-state index in [0.29, 0.717) is 23.7 Å². The summed E-state index contributed by atoms with van der Waals surface area (Å²) in [6.45, 7) is 2.94. The predicted octanol–water partition coefficient (Wildman–Crippen LogP) is 4.82. The quantitative estimate of drug-likeness (QED) is 0.735. The molecule has 0 radical (unpaired) electrons. The highest BCUT2D eigenvalue weighted by Gasteiger charge is 2.26. The number of rotatable bonds is 7. The Morgan fingerprint density at radius 2 is 2.11 bits per heavy atom. The van der Waals surface area contributed by atoms with Gasteiger partial charge >= 0.3 is 5.97 Å². The molecule has 144 valence electrons. The molecule has 1 heterocycles. The lowest BCUT2D eigenvalue weighted by Gasteiger charge is -2.17. The third-order valence-corrected chi connectivity index (χ3v) is 5.25. The first kappa shape index (κ1) is 19.8. The summed E-state index contributed by atoms with van der Waals surface area (Å²) < 4.78 is 19.5. The number of hydrogen-bond acceptors (Lipinski definition) is 3. The minimum Gasteiger partial charge on any atom is -0.480 e. The zero-order valence-corrected chi connectivity index (χ0v) is 16.2. The van der Waals surface area contributed by atoms with Crippen molar-refractivity contribution in [2.24, 2.45) is 0 Å². The fourth-order valence-electron chi connectivity index (χ4n) is 3.46. The van der Waals surface area contributed by atoms with Gasteiger partial charge in [0.05, 0.1) is 19.3 Å². The Bertz CT molecular complexity index is 856. The summed E-state index contributed by atoms with van der Waals surface area (Å²) in [5, 5.41) is 9.49. The number of carboxylic acids is 1. The average Bonchev–Trinajstić information content (AvgIpc) is 3.00. The molecule has 27 heavy (non-hydrogen) atoms. The summed E-state index contributed by atoms with van der Waals surface area (Å²) in [6.07, 6.45) is 1.56. The molecule has 0 aromatic heterocycles. The van der Waals surface area contributed by atoms with Gasteiger partial charge in [-0.05, 0) is 79.9 Å². The van der Waals surface area contributed by atoms with Crippen molar-refractivity contribution < 1.29 is 19.0 Å². The number of aliphatic carboxylic acids is 1. The van der Waals surface area contributed by atoms with Gasteiger partial charge < -0.3 is 9.84 Å². The summed E-state index contributed by atoms with van der Waals surface area (Å²) in [5.41, 5.74) is 4.53. The van der Waals surface area contributed by atoms with Gasteiger partial charge in [-0.15, -0.1) is 0 Å². The number of carbonyl (C=O) groups is 1. The van der Waals surface area contributed by atoms with Crippen molar-refractivity contribution in [3.63, 3.8) is 0 Å². The molecule has 0 aliphatic carbocycles. The first-order valence-corrected chi connectivity index (χ1v) is 9.33. The maximum absolute atomic E-state index is 13.6. The smallest absolute Gasteiger partial charge is 0.317 e. The standard InChI is InChI=1S/C21H23ClFNO3/c1-13-8-14(5-6-19(13)23)15-9-16-17(18(22)10-15)12-27-20(16)4-3-7-24(2)11-21(25)26/h5-6,8-10,20H,3-4,7,11-12H2,1-2H3,(H,25,26). The SMILES string of the molecule is Cc1cc(-c2cc(Cl)c3c(c2)C(CCCN(C)CC(=O)O)OC3)ccc1F. The zero-order chi connectivity index (χ0) is 19.6. The van der Waals surface area contributed by atoms with Gasteiger partial charge in [-0.1, -0.05) is 17.7 Å². The summed E-state index contributed by atoms with van der Waals surface area (Å²) in [4.78, 5) is 12.5. The van der Waals surface area contributed by atoms with Crippen LogP contribution in [0.5, 0.6) is 0 Å². The van der Waals surface area contributed by atoms with Crippen molar-refractivity contribution in [2.75, 3.05) is 20.1 Å². The second-order valence-corrected chi connectivity index (χ2v) is 7.47. The molecule has 1 N–H and O–H groups in total. The number of ether oxygens (including phenoxy) is 1. The van der Waals surface area contributed by atoms with Crippen molar-refractivity contribution in [1.29, 1.82) is 0 Å². The van der Waals surface area contributed by atoms with Gasteiger partial charge in [0, 0.05) is 10.6 Å². The molecular formula is C21H23ClFNO3. The third-order valence-electron chi connectivity index (χ3n) is 4.91. The van der Waals surface area contributed by atoms with Crippen molar-refractivity contribution in [3.05, 3.63) is 57.9 Å². The largest absolute Gasteiger partial charge is 0.480 e. The van der Waals surface area contributed by atoms with Crippen LogP contribution in [0.4, 0.5) is 4.39 Å². The van der Waals surface area contributed by atoms with Gasteiger partial charge in [-0.3, -0.25) is 9.69 Å². The highest BCUT2D eigenvalue weighted by atomic mass is 35.5. The van der Waals surface area contributed by atoms with Crippen LogP contribution in [0.25, 0.3) is 11.1 Å². The lowest BCUT2D eigenvalue weighted by atomic mass is 9.95. The topological polar surface area (TPSA) is 49.8 Å².